The third-order valence-corrected chi connectivity index (χ3v) is 5.60. The van der Waals surface area contributed by atoms with Gasteiger partial charge in [-0.3, -0.25) is 14.7 Å². The van der Waals surface area contributed by atoms with Crippen molar-refractivity contribution in [3.8, 4) is 0 Å². The van der Waals surface area contributed by atoms with Crippen molar-refractivity contribution in [3.05, 3.63) is 65.5 Å². The Morgan fingerprint density at radius 2 is 1.75 bits per heavy atom. The molecule has 4 rings (SSSR count). The fourth-order valence-electron chi connectivity index (χ4n) is 4.43. The number of benzene rings is 1. The Balaban J connectivity index is 1.47. The van der Waals surface area contributed by atoms with E-state index in [4.69, 9.17) is 0 Å². The number of rotatable bonds is 4. The highest BCUT2D eigenvalue weighted by Gasteiger charge is 2.42. The van der Waals surface area contributed by atoms with Gasteiger partial charge in [0, 0.05) is 30.2 Å². The molecular formula is C21H24N2O. The second-order valence-corrected chi connectivity index (χ2v) is 7.24. The molecule has 3 heterocycles. The summed E-state index contributed by atoms with van der Waals surface area (Å²) in [6.45, 7) is 2.96. The zero-order valence-corrected chi connectivity index (χ0v) is 14.2. The van der Waals surface area contributed by atoms with Crippen LogP contribution in [0.5, 0.6) is 0 Å². The first-order valence-electron chi connectivity index (χ1n) is 8.98. The van der Waals surface area contributed by atoms with E-state index in [1.54, 1.807) is 0 Å². The van der Waals surface area contributed by atoms with Gasteiger partial charge in [-0.1, -0.05) is 36.4 Å². The third kappa shape index (κ3) is 3.01. The molecular weight excluding hydrogens is 296 g/mol. The van der Waals surface area contributed by atoms with E-state index in [-0.39, 0.29) is 11.7 Å². The van der Waals surface area contributed by atoms with Crippen LogP contribution in [0.4, 0.5) is 0 Å². The quantitative estimate of drug-likeness (QED) is 0.798. The van der Waals surface area contributed by atoms with Crippen LogP contribution in [0.1, 0.15) is 47.4 Å². The van der Waals surface area contributed by atoms with E-state index in [2.05, 4.69) is 40.2 Å². The molecule has 3 heteroatoms. The largest absolute Gasteiger partial charge is 0.293 e. The van der Waals surface area contributed by atoms with Crippen molar-refractivity contribution in [2.75, 3.05) is 0 Å². The van der Waals surface area contributed by atoms with Crippen LogP contribution in [0.3, 0.4) is 0 Å². The molecule has 1 aromatic carbocycles. The molecule has 2 aliphatic heterocycles. The van der Waals surface area contributed by atoms with Crippen molar-refractivity contribution < 1.29 is 4.79 Å². The van der Waals surface area contributed by atoms with Crippen molar-refractivity contribution >= 4 is 5.78 Å². The van der Waals surface area contributed by atoms with Gasteiger partial charge in [0.05, 0.1) is 0 Å². The van der Waals surface area contributed by atoms with E-state index >= 15 is 0 Å². The summed E-state index contributed by atoms with van der Waals surface area (Å²) in [6, 6.07) is 17.5. The number of ketones is 1. The highest BCUT2D eigenvalue weighted by Crippen LogP contribution is 2.40. The third-order valence-electron chi connectivity index (χ3n) is 5.60. The highest BCUT2D eigenvalue weighted by atomic mass is 16.1. The van der Waals surface area contributed by atoms with Crippen LogP contribution in [-0.4, -0.2) is 27.8 Å². The monoisotopic (exact) mass is 320 g/mol. The Morgan fingerprint density at radius 3 is 2.42 bits per heavy atom. The number of pyridine rings is 1. The molecule has 3 nitrogen and oxygen atoms in total. The molecule has 0 saturated carbocycles. The average Bonchev–Trinajstić information content (AvgIpc) is 2.83. The second-order valence-electron chi connectivity index (χ2n) is 7.24. The Labute approximate surface area is 143 Å². The first-order chi connectivity index (χ1) is 11.7. The molecule has 2 atom stereocenters. The van der Waals surface area contributed by atoms with Gasteiger partial charge >= 0.3 is 0 Å². The minimum Gasteiger partial charge on any atom is -0.293 e. The van der Waals surface area contributed by atoms with Gasteiger partial charge in [-0.25, -0.2) is 0 Å². The minimum atomic E-state index is 0.142. The van der Waals surface area contributed by atoms with E-state index < -0.39 is 0 Å². The lowest BCUT2D eigenvalue weighted by molar-refractivity contribution is 0.0674. The van der Waals surface area contributed by atoms with Gasteiger partial charge in [0.25, 0.3) is 0 Å². The van der Waals surface area contributed by atoms with Crippen LogP contribution in [-0.2, 0) is 6.54 Å². The van der Waals surface area contributed by atoms with Crippen LogP contribution < -0.4 is 0 Å². The summed E-state index contributed by atoms with van der Waals surface area (Å²) in [5.74, 6) is 0.388. The first kappa shape index (κ1) is 15.5. The molecule has 2 fully saturated rings. The van der Waals surface area contributed by atoms with E-state index in [0.717, 1.165) is 25.1 Å². The number of carbonyl (C=O) groups excluding carboxylic acids is 1. The van der Waals surface area contributed by atoms with E-state index in [9.17, 15) is 4.79 Å². The lowest BCUT2D eigenvalue weighted by Crippen LogP contribution is -2.44. The number of fused-ring (bicyclic) bond motifs is 2. The predicted molar refractivity (Wildman–Crippen MR) is 94.8 cm³/mol. The molecule has 2 aromatic rings. The van der Waals surface area contributed by atoms with E-state index in [1.165, 1.54) is 18.4 Å². The summed E-state index contributed by atoms with van der Waals surface area (Å²) >= 11 is 0. The second kappa shape index (κ2) is 6.48. The summed E-state index contributed by atoms with van der Waals surface area (Å²) in [6.07, 6.45) is 4.42. The van der Waals surface area contributed by atoms with Gasteiger partial charge in [-0.15, -0.1) is 0 Å². The standard InChI is InChI=1S/C21H24N2O/c1-15-6-5-9-20(22-15)21(24)17-12-18-10-11-19(13-17)23(18)14-16-7-3-2-4-8-16/h2-9,17-19H,10-14H2,1H3. The lowest BCUT2D eigenvalue weighted by Gasteiger charge is -2.38. The van der Waals surface area contributed by atoms with Gasteiger partial charge in [0.1, 0.15) is 5.69 Å². The highest BCUT2D eigenvalue weighted by molar-refractivity contribution is 5.96. The number of nitrogens with zero attached hydrogens (tertiary/aromatic N) is 2. The Hall–Kier alpha value is -2.00. The number of hydrogen-bond acceptors (Lipinski definition) is 3. The lowest BCUT2D eigenvalue weighted by atomic mass is 9.85. The molecule has 2 bridgehead atoms. The van der Waals surface area contributed by atoms with Crippen molar-refractivity contribution in [2.45, 2.75) is 51.2 Å². The molecule has 24 heavy (non-hydrogen) atoms. The summed E-state index contributed by atoms with van der Waals surface area (Å²) in [5, 5.41) is 0. The Kier molecular flexibility index (Phi) is 4.19. The van der Waals surface area contributed by atoms with Crippen molar-refractivity contribution in [1.29, 1.82) is 0 Å². The van der Waals surface area contributed by atoms with Crippen LogP contribution in [0, 0.1) is 12.8 Å². The Bertz CT molecular complexity index is 714. The first-order valence-corrected chi connectivity index (χ1v) is 8.98. The molecule has 1 aromatic heterocycles. The summed E-state index contributed by atoms with van der Waals surface area (Å²) < 4.78 is 0. The van der Waals surface area contributed by atoms with Gasteiger partial charge in [-0.05, 0) is 50.3 Å². The summed E-state index contributed by atoms with van der Waals surface area (Å²) in [7, 11) is 0. The number of piperidine rings is 1. The van der Waals surface area contributed by atoms with Crippen molar-refractivity contribution in [2.24, 2.45) is 5.92 Å². The molecule has 0 spiro atoms. The maximum atomic E-state index is 12.9. The smallest absolute Gasteiger partial charge is 0.184 e. The normalized spacial score (nSPS) is 26.5. The SMILES string of the molecule is Cc1cccc(C(=O)C2CC3CCC(C2)N3Cc2ccccc2)n1. The topological polar surface area (TPSA) is 33.2 Å². The number of hydrogen-bond donors (Lipinski definition) is 0. The number of Topliss-reactive ketones (excluding diaryl/α,β-unsaturated/α-hetero) is 1. The van der Waals surface area contributed by atoms with Crippen LogP contribution in [0.25, 0.3) is 0 Å². The number of aromatic nitrogens is 1. The maximum Gasteiger partial charge on any atom is 0.184 e. The fourth-order valence-corrected chi connectivity index (χ4v) is 4.43. The Morgan fingerprint density at radius 1 is 1.04 bits per heavy atom. The zero-order valence-electron chi connectivity index (χ0n) is 14.2. The van der Waals surface area contributed by atoms with Gasteiger partial charge in [0.15, 0.2) is 5.78 Å². The number of carbonyl (C=O) groups is 1. The molecule has 0 radical (unpaired) electrons. The zero-order chi connectivity index (χ0) is 16.5. The van der Waals surface area contributed by atoms with E-state index in [1.807, 2.05) is 25.1 Å². The van der Waals surface area contributed by atoms with E-state index in [0.29, 0.717) is 17.8 Å². The summed E-state index contributed by atoms with van der Waals surface area (Å²) in [5.41, 5.74) is 2.95. The fraction of sp³-hybridized carbons (Fsp3) is 0.429. The molecule has 124 valence electrons. The molecule has 2 aliphatic rings. The van der Waals surface area contributed by atoms with Crippen LogP contribution in [0.2, 0.25) is 0 Å². The van der Waals surface area contributed by atoms with Gasteiger partial charge in [-0.2, -0.15) is 0 Å². The van der Waals surface area contributed by atoms with Crippen molar-refractivity contribution in [1.82, 2.24) is 9.88 Å². The maximum absolute atomic E-state index is 12.9. The molecule has 0 aliphatic carbocycles. The van der Waals surface area contributed by atoms with Gasteiger partial charge in [0.2, 0.25) is 0 Å². The molecule has 2 saturated heterocycles. The van der Waals surface area contributed by atoms with Crippen molar-refractivity contribution in [3.63, 3.8) is 0 Å². The molecule has 0 N–H and O–H groups in total. The summed E-state index contributed by atoms with van der Waals surface area (Å²) in [4.78, 5) is 19.9. The molecule has 2 unspecified atom stereocenters. The number of aryl methyl sites for hydroxylation is 1. The minimum absolute atomic E-state index is 0.142. The van der Waals surface area contributed by atoms with Crippen LogP contribution >= 0.6 is 0 Å². The van der Waals surface area contributed by atoms with Crippen LogP contribution in [0.15, 0.2) is 48.5 Å². The van der Waals surface area contributed by atoms with Gasteiger partial charge < -0.3 is 0 Å². The predicted octanol–water partition coefficient (Wildman–Crippen LogP) is 4.02. The average molecular weight is 320 g/mol. The molecule has 0 amide bonds.